The highest BCUT2D eigenvalue weighted by molar-refractivity contribution is 7.89. The molecule has 8 nitrogen and oxygen atoms in total. The highest BCUT2D eigenvalue weighted by atomic mass is 32.2. The number of carbonyl (C=O) groups is 2. The van der Waals surface area contributed by atoms with E-state index >= 15 is 0 Å². The molecule has 1 aromatic heterocycles. The van der Waals surface area contributed by atoms with Crippen molar-refractivity contribution in [3.8, 4) is 11.3 Å². The van der Waals surface area contributed by atoms with Gasteiger partial charge < -0.3 is 4.42 Å². The molecule has 3 aromatic rings. The molecule has 2 aromatic carbocycles. The van der Waals surface area contributed by atoms with Gasteiger partial charge in [0, 0.05) is 5.56 Å². The van der Waals surface area contributed by atoms with Gasteiger partial charge in [-0.15, -0.1) is 0 Å². The SMILES string of the molecule is NS(=O)(=O)c1ccc(-c2ccc(C=C3C(=O)NN(c4ccccc4)C3=O)o2)cc1. The second-order valence-electron chi connectivity index (χ2n) is 6.25. The smallest absolute Gasteiger partial charge is 0.282 e. The van der Waals surface area contributed by atoms with Crippen molar-refractivity contribution in [1.82, 2.24) is 5.43 Å². The minimum absolute atomic E-state index is 0.00984. The standard InChI is InChI=1S/C20H15N3O5S/c21-29(26,27)16-9-6-13(7-10-16)18-11-8-15(28-18)12-17-19(24)22-23(20(17)25)14-4-2-1-3-5-14/h1-12H,(H,22,24)(H2,21,26,27). The topological polar surface area (TPSA) is 123 Å². The van der Waals surface area contributed by atoms with E-state index in [0.29, 0.717) is 22.8 Å². The lowest BCUT2D eigenvalue weighted by atomic mass is 10.2. The lowest BCUT2D eigenvalue weighted by molar-refractivity contribution is -0.117. The number of hydrogen-bond donors (Lipinski definition) is 2. The molecule has 1 aliphatic heterocycles. The van der Waals surface area contributed by atoms with Gasteiger partial charge in [0.05, 0.1) is 10.6 Å². The normalized spacial score (nSPS) is 15.8. The summed E-state index contributed by atoms with van der Waals surface area (Å²) in [6.45, 7) is 0. The first-order valence-electron chi connectivity index (χ1n) is 8.48. The number of furan rings is 1. The summed E-state index contributed by atoms with van der Waals surface area (Å²) >= 11 is 0. The number of para-hydroxylation sites is 1. The van der Waals surface area contributed by atoms with Gasteiger partial charge in [0.25, 0.3) is 11.8 Å². The number of hydrogen-bond acceptors (Lipinski definition) is 5. The highest BCUT2D eigenvalue weighted by Crippen LogP contribution is 2.26. The third-order valence-electron chi connectivity index (χ3n) is 4.29. The van der Waals surface area contributed by atoms with Gasteiger partial charge in [0.15, 0.2) is 0 Å². The minimum atomic E-state index is -3.78. The van der Waals surface area contributed by atoms with E-state index in [-0.39, 0.29) is 10.5 Å². The van der Waals surface area contributed by atoms with E-state index in [1.807, 2.05) is 6.07 Å². The first-order valence-corrected chi connectivity index (χ1v) is 10.0. The number of benzene rings is 2. The summed E-state index contributed by atoms with van der Waals surface area (Å²) in [6, 6.07) is 17.9. The Morgan fingerprint density at radius 3 is 2.28 bits per heavy atom. The van der Waals surface area contributed by atoms with Gasteiger partial charge in [-0.3, -0.25) is 15.0 Å². The van der Waals surface area contributed by atoms with Crippen LogP contribution in [0.5, 0.6) is 0 Å². The van der Waals surface area contributed by atoms with Crippen LogP contribution in [0.2, 0.25) is 0 Å². The van der Waals surface area contributed by atoms with Gasteiger partial charge >= 0.3 is 0 Å². The predicted octanol–water partition coefficient (Wildman–Crippen LogP) is 2.06. The fraction of sp³-hybridized carbons (Fsp3) is 0. The molecule has 0 saturated carbocycles. The zero-order valence-electron chi connectivity index (χ0n) is 14.9. The molecule has 4 rings (SSSR count). The van der Waals surface area contributed by atoms with Crippen molar-refractivity contribution >= 4 is 33.6 Å². The van der Waals surface area contributed by atoms with Gasteiger partial charge in [-0.05, 0) is 54.6 Å². The van der Waals surface area contributed by atoms with Crippen molar-refractivity contribution in [2.75, 3.05) is 5.01 Å². The fourth-order valence-corrected chi connectivity index (χ4v) is 3.37. The number of primary sulfonamides is 1. The molecule has 3 N–H and O–H groups in total. The Hall–Kier alpha value is -3.69. The molecule has 0 radical (unpaired) electrons. The van der Waals surface area contributed by atoms with Crippen LogP contribution in [0.25, 0.3) is 17.4 Å². The van der Waals surface area contributed by atoms with Crippen LogP contribution in [0.1, 0.15) is 5.76 Å². The van der Waals surface area contributed by atoms with Gasteiger partial charge in [0.1, 0.15) is 17.1 Å². The van der Waals surface area contributed by atoms with Crippen LogP contribution in [0, 0.1) is 0 Å². The van der Waals surface area contributed by atoms with Crippen LogP contribution in [-0.2, 0) is 19.6 Å². The van der Waals surface area contributed by atoms with Gasteiger partial charge in [-0.25, -0.2) is 18.6 Å². The van der Waals surface area contributed by atoms with E-state index in [1.54, 1.807) is 48.5 Å². The Labute approximate surface area is 166 Å². The summed E-state index contributed by atoms with van der Waals surface area (Å²) in [5, 5.41) is 6.26. The van der Waals surface area contributed by atoms with E-state index in [0.717, 1.165) is 0 Å². The van der Waals surface area contributed by atoms with Crippen LogP contribution < -0.4 is 15.6 Å². The van der Waals surface area contributed by atoms with Gasteiger partial charge in [-0.2, -0.15) is 0 Å². The monoisotopic (exact) mass is 409 g/mol. The molecule has 1 aliphatic rings. The lowest BCUT2D eigenvalue weighted by Crippen LogP contribution is -2.35. The summed E-state index contributed by atoms with van der Waals surface area (Å²) in [4.78, 5) is 24.8. The first-order chi connectivity index (χ1) is 13.8. The minimum Gasteiger partial charge on any atom is -0.457 e. The molecule has 2 amide bonds. The number of nitrogens with two attached hydrogens (primary N) is 1. The number of amides is 2. The van der Waals surface area contributed by atoms with Crippen molar-refractivity contribution in [2.45, 2.75) is 4.90 Å². The maximum Gasteiger partial charge on any atom is 0.282 e. The third kappa shape index (κ3) is 3.68. The summed E-state index contributed by atoms with van der Waals surface area (Å²) in [6.07, 6.45) is 1.36. The Kier molecular flexibility index (Phi) is 4.53. The van der Waals surface area contributed by atoms with E-state index in [4.69, 9.17) is 9.56 Å². The van der Waals surface area contributed by atoms with Crippen LogP contribution in [0.3, 0.4) is 0 Å². The number of anilines is 1. The van der Waals surface area contributed by atoms with Crippen LogP contribution in [-0.4, -0.2) is 20.2 Å². The van der Waals surface area contributed by atoms with Gasteiger partial charge in [-0.1, -0.05) is 18.2 Å². The van der Waals surface area contributed by atoms with Crippen LogP contribution in [0.15, 0.2) is 81.6 Å². The number of carbonyl (C=O) groups excluding carboxylic acids is 2. The number of rotatable bonds is 4. The predicted molar refractivity (Wildman–Crippen MR) is 106 cm³/mol. The van der Waals surface area contributed by atoms with Crippen molar-refractivity contribution in [2.24, 2.45) is 5.14 Å². The molecule has 2 heterocycles. The van der Waals surface area contributed by atoms with Crippen LogP contribution >= 0.6 is 0 Å². The molecule has 0 aliphatic carbocycles. The molecule has 0 spiro atoms. The summed E-state index contributed by atoms with van der Waals surface area (Å²) in [7, 11) is -3.78. The zero-order chi connectivity index (χ0) is 20.6. The number of hydrazine groups is 1. The number of sulfonamides is 1. The Bertz CT molecular complexity index is 1230. The van der Waals surface area contributed by atoms with E-state index < -0.39 is 21.8 Å². The van der Waals surface area contributed by atoms with E-state index in [9.17, 15) is 18.0 Å². The number of nitrogens with zero attached hydrogens (tertiary/aromatic N) is 1. The molecule has 0 unspecified atom stereocenters. The van der Waals surface area contributed by atoms with Crippen LogP contribution in [0.4, 0.5) is 5.69 Å². The Balaban J connectivity index is 1.59. The molecular weight excluding hydrogens is 394 g/mol. The molecule has 9 heteroatoms. The zero-order valence-corrected chi connectivity index (χ0v) is 15.7. The molecule has 146 valence electrons. The molecule has 1 fully saturated rings. The van der Waals surface area contributed by atoms with Crippen molar-refractivity contribution < 1.29 is 22.4 Å². The fourth-order valence-electron chi connectivity index (χ4n) is 2.85. The second kappa shape index (κ2) is 7.04. The second-order valence-corrected chi connectivity index (χ2v) is 7.81. The molecule has 1 saturated heterocycles. The lowest BCUT2D eigenvalue weighted by Gasteiger charge is -2.13. The van der Waals surface area contributed by atoms with Crippen molar-refractivity contribution in [1.29, 1.82) is 0 Å². The Morgan fingerprint density at radius 1 is 0.931 bits per heavy atom. The van der Waals surface area contributed by atoms with E-state index in [1.165, 1.54) is 23.2 Å². The third-order valence-corrected chi connectivity index (χ3v) is 5.22. The van der Waals surface area contributed by atoms with E-state index in [2.05, 4.69) is 5.43 Å². The maximum atomic E-state index is 12.6. The van der Waals surface area contributed by atoms with Crippen molar-refractivity contribution in [3.63, 3.8) is 0 Å². The summed E-state index contributed by atoms with van der Waals surface area (Å²) in [5.41, 5.74) is 3.63. The maximum absolute atomic E-state index is 12.6. The largest absolute Gasteiger partial charge is 0.457 e. The average molecular weight is 409 g/mol. The first kappa shape index (κ1) is 18.7. The molecule has 0 bridgehead atoms. The molecule has 29 heavy (non-hydrogen) atoms. The highest BCUT2D eigenvalue weighted by Gasteiger charge is 2.34. The molecular formula is C20H15N3O5S. The average Bonchev–Trinajstić information content (AvgIpc) is 3.28. The Morgan fingerprint density at radius 2 is 1.62 bits per heavy atom. The molecule has 0 atom stereocenters. The van der Waals surface area contributed by atoms with Crippen molar-refractivity contribution in [3.05, 3.63) is 78.1 Å². The summed E-state index contributed by atoms with van der Waals surface area (Å²) < 4.78 is 28.4. The summed E-state index contributed by atoms with van der Waals surface area (Å²) in [5.74, 6) is -0.265. The quantitative estimate of drug-likeness (QED) is 0.504. The number of nitrogens with one attached hydrogen (secondary N) is 1. The van der Waals surface area contributed by atoms with Gasteiger partial charge in [0.2, 0.25) is 10.0 Å².